The number of nitrogens with zero attached hydrogens (tertiary/aromatic N) is 1. The third kappa shape index (κ3) is 3.97. The first-order chi connectivity index (χ1) is 9.89. The second kappa shape index (κ2) is 7.79. The van der Waals surface area contributed by atoms with Crippen LogP contribution >= 0.6 is 0 Å². The van der Waals surface area contributed by atoms with E-state index in [9.17, 15) is 17.2 Å². The molecule has 0 saturated carbocycles. The largest absolute Gasteiger partial charge is 0.383 e. The minimum absolute atomic E-state index is 0.0920. The number of hydrogen-bond donors (Lipinski definition) is 1. The molecule has 0 fully saturated rings. The number of halogens is 2. The van der Waals surface area contributed by atoms with E-state index in [0.717, 1.165) is 16.4 Å². The summed E-state index contributed by atoms with van der Waals surface area (Å²) < 4.78 is 58.7. The minimum atomic E-state index is -4.03. The lowest BCUT2D eigenvalue weighted by Crippen LogP contribution is -2.34. The fraction of sp³-hybridized carbons (Fsp3) is 0.538. The van der Waals surface area contributed by atoms with E-state index < -0.39 is 26.6 Å². The number of rotatable bonds is 8. The lowest BCUT2D eigenvalue weighted by atomic mass is 10.2. The van der Waals surface area contributed by atoms with Gasteiger partial charge in [0.05, 0.1) is 6.61 Å². The molecule has 120 valence electrons. The highest BCUT2D eigenvalue weighted by molar-refractivity contribution is 7.89. The van der Waals surface area contributed by atoms with Crippen LogP contribution in [-0.4, -0.2) is 46.6 Å². The smallest absolute Gasteiger partial charge is 0.246 e. The first kappa shape index (κ1) is 18.0. The Morgan fingerprint density at radius 3 is 2.52 bits per heavy atom. The first-order valence-corrected chi connectivity index (χ1v) is 7.94. The Bertz CT molecular complexity index is 579. The van der Waals surface area contributed by atoms with Crippen LogP contribution in [0.1, 0.15) is 12.5 Å². The summed E-state index contributed by atoms with van der Waals surface area (Å²) in [7, 11) is -1.05. The summed E-state index contributed by atoms with van der Waals surface area (Å²) in [5.74, 6) is -1.83. The van der Waals surface area contributed by atoms with Gasteiger partial charge in [-0.1, -0.05) is 6.92 Å². The topological polar surface area (TPSA) is 58.6 Å². The molecule has 0 atom stereocenters. The predicted molar refractivity (Wildman–Crippen MR) is 75.4 cm³/mol. The third-order valence-corrected chi connectivity index (χ3v) is 5.01. The molecule has 0 aromatic heterocycles. The second-order valence-electron chi connectivity index (χ2n) is 4.36. The average molecular weight is 322 g/mol. The van der Waals surface area contributed by atoms with Gasteiger partial charge in [-0.2, -0.15) is 4.31 Å². The monoisotopic (exact) mass is 322 g/mol. The number of likely N-dealkylation sites (N-methyl/N-ethyl adjacent to an activating group) is 1. The molecule has 0 aliphatic rings. The fourth-order valence-corrected chi connectivity index (χ4v) is 3.42. The summed E-state index contributed by atoms with van der Waals surface area (Å²) in [4.78, 5) is -0.521. The van der Waals surface area contributed by atoms with Gasteiger partial charge in [-0.15, -0.1) is 0 Å². The summed E-state index contributed by atoms with van der Waals surface area (Å²) in [6.07, 6.45) is 0. The van der Waals surface area contributed by atoms with Crippen molar-refractivity contribution in [2.75, 3.05) is 33.9 Å². The van der Waals surface area contributed by atoms with Crippen LogP contribution < -0.4 is 5.32 Å². The van der Waals surface area contributed by atoms with E-state index in [1.165, 1.54) is 14.2 Å². The SMILES string of the molecule is CCN(CCOC)S(=O)(=O)c1ccc(F)c(CNC)c1F. The Hall–Kier alpha value is -1.09. The molecular formula is C13H20F2N2O3S. The molecule has 0 saturated heterocycles. The molecule has 0 aliphatic carbocycles. The number of methoxy groups -OCH3 is 1. The molecule has 0 radical (unpaired) electrons. The first-order valence-electron chi connectivity index (χ1n) is 6.50. The van der Waals surface area contributed by atoms with Crippen molar-refractivity contribution >= 4 is 10.0 Å². The lowest BCUT2D eigenvalue weighted by Gasteiger charge is -2.21. The van der Waals surface area contributed by atoms with Gasteiger partial charge in [0.15, 0.2) is 5.82 Å². The number of sulfonamides is 1. The van der Waals surface area contributed by atoms with Crippen LogP contribution in [0, 0.1) is 11.6 Å². The van der Waals surface area contributed by atoms with Gasteiger partial charge in [-0.3, -0.25) is 0 Å². The summed E-state index contributed by atoms with van der Waals surface area (Å²) in [5.41, 5.74) is -0.290. The maximum Gasteiger partial charge on any atom is 0.246 e. The van der Waals surface area contributed by atoms with Crippen LogP contribution in [0.3, 0.4) is 0 Å². The highest BCUT2D eigenvalue weighted by atomic mass is 32.2. The number of ether oxygens (including phenoxy) is 1. The molecule has 1 aromatic carbocycles. The van der Waals surface area contributed by atoms with Gasteiger partial charge in [0.1, 0.15) is 10.7 Å². The molecule has 1 rings (SSSR count). The molecule has 1 N–H and O–H groups in total. The van der Waals surface area contributed by atoms with E-state index in [0.29, 0.717) is 0 Å². The summed E-state index contributed by atoms with van der Waals surface area (Å²) in [5, 5.41) is 2.61. The van der Waals surface area contributed by atoms with Gasteiger partial charge in [0.2, 0.25) is 10.0 Å². The van der Waals surface area contributed by atoms with Crippen LogP contribution in [-0.2, 0) is 21.3 Å². The number of benzene rings is 1. The molecular weight excluding hydrogens is 302 g/mol. The van der Waals surface area contributed by atoms with Gasteiger partial charge >= 0.3 is 0 Å². The second-order valence-corrected chi connectivity index (χ2v) is 6.26. The fourth-order valence-electron chi connectivity index (χ4n) is 1.89. The van der Waals surface area contributed by atoms with E-state index in [1.807, 2.05) is 0 Å². The van der Waals surface area contributed by atoms with Gasteiger partial charge in [0.25, 0.3) is 0 Å². The van der Waals surface area contributed by atoms with E-state index in [2.05, 4.69) is 5.32 Å². The zero-order valence-electron chi connectivity index (χ0n) is 12.3. The number of nitrogens with one attached hydrogen (secondary N) is 1. The Kier molecular flexibility index (Phi) is 6.66. The normalized spacial score (nSPS) is 12.1. The van der Waals surface area contributed by atoms with Crippen LogP contribution in [0.4, 0.5) is 8.78 Å². The van der Waals surface area contributed by atoms with Gasteiger partial charge in [-0.05, 0) is 19.2 Å². The molecule has 0 bridgehead atoms. The van der Waals surface area contributed by atoms with Gasteiger partial charge in [-0.25, -0.2) is 17.2 Å². The van der Waals surface area contributed by atoms with Crippen molar-refractivity contribution in [3.8, 4) is 0 Å². The van der Waals surface area contributed by atoms with Crippen LogP contribution in [0.15, 0.2) is 17.0 Å². The minimum Gasteiger partial charge on any atom is -0.383 e. The van der Waals surface area contributed by atoms with Crippen molar-refractivity contribution in [2.45, 2.75) is 18.4 Å². The highest BCUT2D eigenvalue weighted by Gasteiger charge is 2.28. The molecule has 8 heteroatoms. The van der Waals surface area contributed by atoms with Gasteiger partial charge in [0, 0.05) is 32.3 Å². The van der Waals surface area contributed by atoms with E-state index in [-0.39, 0.29) is 31.8 Å². The molecule has 1 aromatic rings. The number of hydrogen-bond acceptors (Lipinski definition) is 4. The molecule has 0 spiro atoms. The van der Waals surface area contributed by atoms with Crippen molar-refractivity contribution < 1.29 is 21.9 Å². The van der Waals surface area contributed by atoms with Gasteiger partial charge < -0.3 is 10.1 Å². The molecule has 0 amide bonds. The quantitative estimate of drug-likeness (QED) is 0.785. The Morgan fingerprint density at radius 1 is 1.33 bits per heavy atom. The zero-order chi connectivity index (χ0) is 16.0. The Morgan fingerprint density at radius 2 is 2.00 bits per heavy atom. The Balaban J connectivity index is 3.27. The van der Waals surface area contributed by atoms with E-state index >= 15 is 0 Å². The van der Waals surface area contributed by atoms with Crippen molar-refractivity contribution in [3.63, 3.8) is 0 Å². The molecule has 5 nitrogen and oxygen atoms in total. The van der Waals surface area contributed by atoms with Crippen molar-refractivity contribution in [1.29, 1.82) is 0 Å². The molecule has 21 heavy (non-hydrogen) atoms. The van der Waals surface area contributed by atoms with E-state index in [1.54, 1.807) is 6.92 Å². The van der Waals surface area contributed by atoms with Crippen LogP contribution in [0.2, 0.25) is 0 Å². The van der Waals surface area contributed by atoms with Crippen LogP contribution in [0.5, 0.6) is 0 Å². The average Bonchev–Trinajstić information content (AvgIpc) is 2.43. The molecule has 0 heterocycles. The van der Waals surface area contributed by atoms with Crippen molar-refractivity contribution in [2.24, 2.45) is 0 Å². The Labute approximate surface area is 124 Å². The maximum absolute atomic E-state index is 14.3. The predicted octanol–water partition coefficient (Wildman–Crippen LogP) is 1.34. The summed E-state index contributed by atoms with van der Waals surface area (Å²) in [6, 6.07) is 1.92. The molecule has 0 aliphatic heterocycles. The van der Waals surface area contributed by atoms with Crippen molar-refractivity contribution in [3.05, 3.63) is 29.3 Å². The summed E-state index contributed by atoms with van der Waals surface area (Å²) in [6.45, 7) is 2.02. The zero-order valence-corrected chi connectivity index (χ0v) is 13.1. The highest BCUT2D eigenvalue weighted by Crippen LogP contribution is 2.24. The lowest BCUT2D eigenvalue weighted by molar-refractivity contribution is 0.180. The third-order valence-electron chi connectivity index (χ3n) is 3.02. The van der Waals surface area contributed by atoms with E-state index in [4.69, 9.17) is 4.74 Å². The van der Waals surface area contributed by atoms with Crippen molar-refractivity contribution in [1.82, 2.24) is 9.62 Å². The standard InChI is InChI=1S/C13H20F2N2O3S/c1-4-17(7-8-20-3)21(18,19)12-6-5-11(14)10(9-16-2)13(12)15/h5-6,16H,4,7-9H2,1-3H3. The maximum atomic E-state index is 14.3. The van der Waals surface area contributed by atoms with Crippen LogP contribution in [0.25, 0.3) is 0 Å². The summed E-state index contributed by atoms with van der Waals surface area (Å²) >= 11 is 0. The molecule has 0 unspecified atom stereocenters.